The average molecular weight is 287 g/mol. The highest BCUT2D eigenvalue weighted by Crippen LogP contribution is 2.50. The van der Waals surface area contributed by atoms with Crippen molar-refractivity contribution in [1.29, 1.82) is 0 Å². The molecule has 4 atom stereocenters. The number of aryl methyl sites for hydroxylation is 1. The summed E-state index contributed by atoms with van der Waals surface area (Å²) < 4.78 is 0. The van der Waals surface area contributed by atoms with Crippen molar-refractivity contribution in [3.05, 3.63) is 35.4 Å². The Hall–Kier alpha value is -1.35. The number of hydrogen-bond donors (Lipinski definition) is 1. The maximum Gasteiger partial charge on any atom is 0.226 e. The van der Waals surface area contributed by atoms with Crippen molar-refractivity contribution >= 4 is 5.91 Å². The van der Waals surface area contributed by atoms with Gasteiger partial charge in [0.1, 0.15) is 0 Å². The van der Waals surface area contributed by atoms with Gasteiger partial charge in [-0.3, -0.25) is 4.79 Å². The summed E-state index contributed by atoms with van der Waals surface area (Å²) in [5.74, 6) is 1.13. The van der Waals surface area contributed by atoms with Crippen LogP contribution in [0.4, 0.5) is 0 Å². The normalized spacial score (nSPS) is 32.0. The molecular weight excluding hydrogens is 262 g/mol. The summed E-state index contributed by atoms with van der Waals surface area (Å²) in [7, 11) is 0. The summed E-state index contributed by atoms with van der Waals surface area (Å²) >= 11 is 0. The standard InChI is InChI=1S/C18H25NO2/c1-12-5-3-4-6-15(12)16-9-17(16)18(21)19-10-14(11-20)8-7-13(19)2/h3-6,13-14,16-17,20H,7-11H2,1-2H3. The number of hydrogen-bond acceptors (Lipinski definition) is 2. The fraction of sp³-hybridized carbons (Fsp3) is 0.611. The fourth-order valence-corrected chi connectivity index (χ4v) is 3.67. The Bertz CT molecular complexity index is 528. The van der Waals surface area contributed by atoms with E-state index in [9.17, 15) is 9.90 Å². The SMILES string of the molecule is Cc1ccccc1C1CC1C(=O)N1CC(CO)CCC1C. The fourth-order valence-electron chi connectivity index (χ4n) is 3.67. The molecule has 0 spiro atoms. The molecule has 3 heteroatoms. The number of carbonyl (C=O) groups excluding carboxylic acids is 1. The molecule has 3 rings (SSSR count). The van der Waals surface area contributed by atoms with Crippen LogP contribution in [0.2, 0.25) is 0 Å². The van der Waals surface area contributed by atoms with Gasteiger partial charge in [-0.15, -0.1) is 0 Å². The lowest BCUT2D eigenvalue weighted by molar-refractivity contribution is -0.137. The first-order valence-corrected chi connectivity index (χ1v) is 8.08. The first-order valence-electron chi connectivity index (χ1n) is 8.08. The molecule has 0 aromatic heterocycles. The molecule has 1 saturated heterocycles. The molecule has 3 nitrogen and oxygen atoms in total. The summed E-state index contributed by atoms with van der Waals surface area (Å²) in [5, 5.41) is 9.36. The summed E-state index contributed by atoms with van der Waals surface area (Å²) in [6.45, 7) is 5.19. The second kappa shape index (κ2) is 5.80. The van der Waals surface area contributed by atoms with Crippen LogP contribution in [0.5, 0.6) is 0 Å². The summed E-state index contributed by atoms with van der Waals surface area (Å²) in [6, 6.07) is 8.71. The molecule has 1 aliphatic carbocycles. The van der Waals surface area contributed by atoms with Crippen LogP contribution in [0.15, 0.2) is 24.3 Å². The smallest absolute Gasteiger partial charge is 0.226 e. The lowest BCUT2D eigenvalue weighted by Crippen LogP contribution is -2.47. The van der Waals surface area contributed by atoms with Crippen molar-refractivity contribution in [3.63, 3.8) is 0 Å². The average Bonchev–Trinajstić information content (AvgIpc) is 3.28. The second-order valence-electron chi connectivity index (χ2n) is 6.77. The highest BCUT2D eigenvalue weighted by molar-refractivity contribution is 5.83. The van der Waals surface area contributed by atoms with E-state index in [-0.39, 0.29) is 18.4 Å². The second-order valence-corrected chi connectivity index (χ2v) is 6.77. The Morgan fingerprint density at radius 1 is 1.33 bits per heavy atom. The minimum atomic E-state index is 0.158. The van der Waals surface area contributed by atoms with E-state index in [2.05, 4.69) is 38.1 Å². The van der Waals surface area contributed by atoms with E-state index >= 15 is 0 Å². The van der Waals surface area contributed by atoms with Gasteiger partial charge in [0.15, 0.2) is 0 Å². The van der Waals surface area contributed by atoms with Gasteiger partial charge in [0.25, 0.3) is 0 Å². The third-order valence-electron chi connectivity index (χ3n) is 5.22. The van der Waals surface area contributed by atoms with E-state index in [0.717, 1.165) is 25.8 Å². The maximum atomic E-state index is 12.8. The number of piperidine rings is 1. The third kappa shape index (κ3) is 2.84. The minimum absolute atomic E-state index is 0.158. The number of benzene rings is 1. The van der Waals surface area contributed by atoms with Crippen molar-refractivity contribution in [2.24, 2.45) is 11.8 Å². The summed E-state index contributed by atoms with van der Waals surface area (Å²) in [4.78, 5) is 14.8. The predicted octanol–water partition coefficient (Wildman–Crippen LogP) is 2.72. The highest BCUT2D eigenvalue weighted by Gasteiger charge is 2.47. The van der Waals surface area contributed by atoms with Crippen molar-refractivity contribution in [2.75, 3.05) is 13.2 Å². The summed E-state index contributed by atoms with van der Waals surface area (Å²) in [5.41, 5.74) is 2.62. The van der Waals surface area contributed by atoms with E-state index in [0.29, 0.717) is 17.9 Å². The van der Waals surface area contributed by atoms with Gasteiger partial charge in [-0.2, -0.15) is 0 Å². The number of carbonyl (C=O) groups is 1. The van der Waals surface area contributed by atoms with E-state index in [1.54, 1.807) is 0 Å². The van der Waals surface area contributed by atoms with Crippen LogP contribution >= 0.6 is 0 Å². The van der Waals surface area contributed by atoms with Crippen LogP contribution in [0, 0.1) is 18.8 Å². The largest absolute Gasteiger partial charge is 0.396 e. The molecule has 21 heavy (non-hydrogen) atoms. The summed E-state index contributed by atoms with van der Waals surface area (Å²) in [6.07, 6.45) is 3.03. The Kier molecular flexibility index (Phi) is 4.03. The van der Waals surface area contributed by atoms with Gasteiger partial charge in [-0.25, -0.2) is 0 Å². The molecule has 0 bridgehead atoms. The van der Waals surface area contributed by atoms with Gasteiger partial charge in [0.2, 0.25) is 5.91 Å². The van der Waals surface area contributed by atoms with Gasteiger partial charge in [-0.1, -0.05) is 24.3 Å². The Morgan fingerprint density at radius 3 is 2.81 bits per heavy atom. The molecule has 1 N–H and O–H groups in total. The zero-order valence-corrected chi connectivity index (χ0v) is 13.0. The molecule has 1 amide bonds. The minimum Gasteiger partial charge on any atom is -0.396 e. The predicted molar refractivity (Wildman–Crippen MR) is 83.0 cm³/mol. The number of amides is 1. The van der Waals surface area contributed by atoms with Crippen LogP contribution in [0.3, 0.4) is 0 Å². The zero-order valence-electron chi connectivity index (χ0n) is 13.0. The van der Waals surface area contributed by atoms with E-state index in [4.69, 9.17) is 0 Å². The first kappa shape index (κ1) is 14.6. The van der Waals surface area contributed by atoms with Crippen molar-refractivity contribution in [2.45, 2.75) is 45.1 Å². The van der Waals surface area contributed by atoms with Crippen molar-refractivity contribution in [1.82, 2.24) is 4.90 Å². The molecule has 1 aromatic rings. The monoisotopic (exact) mass is 287 g/mol. The quantitative estimate of drug-likeness (QED) is 0.928. The van der Waals surface area contributed by atoms with Gasteiger partial charge >= 0.3 is 0 Å². The topological polar surface area (TPSA) is 40.5 Å². The van der Waals surface area contributed by atoms with Crippen LogP contribution < -0.4 is 0 Å². The molecule has 4 unspecified atom stereocenters. The van der Waals surface area contributed by atoms with Crippen LogP contribution in [-0.2, 0) is 4.79 Å². The van der Waals surface area contributed by atoms with Crippen LogP contribution in [-0.4, -0.2) is 35.1 Å². The molecule has 1 aliphatic heterocycles. The number of nitrogens with zero attached hydrogens (tertiary/aromatic N) is 1. The van der Waals surface area contributed by atoms with Gasteiger partial charge in [-0.05, 0) is 56.1 Å². The number of aliphatic hydroxyl groups is 1. The maximum absolute atomic E-state index is 12.8. The first-order chi connectivity index (χ1) is 10.1. The third-order valence-corrected chi connectivity index (χ3v) is 5.22. The van der Waals surface area contributed by atoms with Crippen LogP contribution in [0.25, 0.3) is 0 Å². The molecule has 2 fully saturated rings. The molecule has 2 aliphatic rings. The number of rotatable bonds is 3. The van der Waals surface area contributed by atoms with Gasteiger partial charge < -0.3 is 10.0 Å². The lowest BCUT2D eigenvalue weighted by atomic mass is 9.93. The lowest BCUT2D eigenvalue weighted by Gasteiger charge is -2.37. The molecular formula is C18H25NO2. The Labute approximate surface area is 127 Å². The van der Waals surface area contributed by atoms with E-state index < -0.39 is 0 Å². The van der Waals surface area contributed by atoms with E-state index in [1.165, 1.54) is 11.1 Å². The molecule has 114 valence electrons. The Balaban J connectivity index is 1.68. The van der Waals surface area contributed by atoms with E-state index in [1.807, 2.05) is 4.90 Å². The molecule has 1 aromatic carbocycles. The number of likely N-dealkylation sites (tertiary alicyclic amines) is 1. The van der Waals surface area contributed by atoms with Crippen molar-refractivity contribution in [3.8, 4) is 0 Å². The molecule has 1 heterocycles. The number of aliphatic hydroxyl groups excluding tert-OH is 1. The zero-order chi connectivity index (χ0) is 15.0. The van der Waals surface area contributed by atoms with Gasteiger partial charge in [0, 0.05) is 25.1 Å². The Morgan fingerprint density at radius 2 is 2.10 bits per heavy atom. The molecule has 0 radical (unpaired) electrons. The van der Waals surface area contributed by atoms with Crippen LogP contribution in [0.1, 0.15) is 43.2 Å². The van der Waals surface area contributed by atoms with Crippen molar-refractivity contribution < 1.29 is 9.90 Å². The molecule has 1 saturated carbocycles. The van der Waals surface area contributed by atoms with Gasteiger partial charge in [0.05, 0.1) is 0 Å². The highest BCUT2D eigenvalue weighted by atomic mass is 16.3.